The lowest BCUT2D eigenvalue weighted by molar-refractivity contribution is -0.214. The van der Waals surface area contributed by atoms with Crippen molar-refractivity contribution >= 4 is 35.1 Å². The van der Waals surface area contributed by atoms with Gasteiger partial charge in [-0.2, -0.15) is 0 Å². The number of hydrogen-bond acceptors (Lipinski definition) is 4. The Kier molecular flexibility index (Phi) is 5.92. The summed E-state index contributed by atoms with van der Waals surface area (Å²) in [5.41, 5.74) is 0.710. The first-order valence-corrected chi connectivity index (χ1v) is 12.3. The molecule has 0 aromatic heterocycles. The van der Waals surface area contributed by atoms with Crippen LogP contribution in [0.2, 0.25) is 10.0 Å². The highest BCUT2D eigenvalue weighted by molar-refractivity contribution is 6.30. The molecule has 1 N–H and O–H groups in total. The Labute approximate surface area is 203 Å². The summed E-state index contributed by atoms with van der Waals surface area (Å²) in [6, 6.07) is 14.4. The van der Waals surface area contributed by atoms with Gasteiger partial charge >= 0.3 is 5.97 Å². The summed E-state index contributed by atoms with van der Waals surface area (Å²) < 4.78 is 5.58. The van der Waals surface area contributed by atoms with Crippen LogP contribution in [0.4, 0.5) is 0 Å². The Hall–Kier alpha value is -2.08. The van der Waals surface area contributed by atoms with E-state index in [0.717, 1.165) is 24.0 Å². The highest BCUT2D eigenvalue weighted by Gasteiger charge is 2.62. The standard InChI is InChI=1S/C26H27Cl2NO4/c1-2-21(24(31)16-6-7-16)29-23(15-8-10-18(27)11-9-15)20(17-4-3-5-19(28)12-17)13-26(25(29)32)14-22(30)33-26/h3-5,8-12,16,20-21,23-24,31H,2,6-7,13-14H2,1H3. The summed E-state index contributed by atoms with van der Waals surface area (Å²) in [4.78, 5) is 27.7. The van der Waals surface area contributed by atoms with Gasteiger partial charge in [-0.15, -0.1) is 0 Å². The van der Waals surface area contributed by atoms with E-state index in [1.807, 2.05) is 60.4 Å². The third kappa shape index (κ3) is 4.05. The van der Waals surface area contributed by atoms with Gasteiger partial charge in [-0.25, -0.2) is 0 Å². The monoisotopic (exact) mass is 487 g/mol. The molecular formula is C26H27Cl2NO4. The van der Waals surface area contributed by atoms with E-state index in [-0.39, 0.29) is 42.2 Å². The second kappa shape index (κ2) is 8.61. The van der Waals surface area contributed by atoms with Crippen molar-refractivity contribution in [3.8, 4) is 0 Å². The van der Waals surface area contributed by atoms with E-state index in [9.17, 15) is 14.7 Å². The van der Waals surface area contributed by atoms with E-state index < -0.39 is 11.7 Å². The summed E-state index contributed by atoms with van der Waals surface area (Å²) in [6.45, 7) is 1.99. The summed E-state index contributed by atoms with van der Waals surface area (Å²) in [5.74, 6) is -0.558. The maximum Gasteiger partial charge on any atom is 0.311 e. The topological polar surface area (TPSA) is 66.8 Å². The largest absolute Gasteiger partial charge is 0.448 e. The highest BCUT2D eigenvalue weighted by atomic mass is 35.5. The van der Waals surface area contributed by atoms with Crippen LogP contribution in [-0.2, 0) is 14.3 Å². The zero-order valence-corrected chi connectivity index (χ0v) is 19.9. The fourth-order valence-electron chi connectivity index (χ4n) is 5.59. The van der Waals surface area contributed by atoms with Gasteiger partial charge < -0.3 is 14.7 Å². The lowest BCUT2D eigenvalue weighted by atomic mass is 9.70. The van der Waals surface area contributed by atoms with Gasteiger partial charge in [-0.05, 0) is 60.6 Å². The molecule has 3 fully saturated rings. The third-order valence-electron chi connectivity index (χ3n) is 7.36. The number of aliphatic hydroxyl groups is 1. The van der Waals surface area contributed by atoms with Gasteiger partial charge in [0.15, 0.2) is 0 Å². The van der Waals surface area contributed by atoms with E-state index in [1.54, 1.807) is 0 Å². The average Bonchev–Trinajstić information content (AvgIpc) is 3.62. The van der Waals surface area contributed by atoms with Crippen LogP contribution < -0.4 is 0 Å². The summed E-state index contributed by atoms with van der Waals surface area (Å²) in [7, 11) is 0. The van der Waals surface area contributed by atoms with Crippen LogP contribution in [0.5, 0.6) is 0 Å². The summed E-state index contributed by atoms with van der Waals surface area (Å²) in [6.07, 6.45) is 2.33. The molecule has 2 heterocycles. The molecule has 2 saturated heterocycles. The number of aliphatic hydroxyl groups excluding tert-OH is 1. The third-order valence-corrected chi connectivity index (χ3v) is 7.84. The van der Waals surface area contributed by atoms with Gasteiger partial charge in [-0.3, -0.25) is 9.59 Å². The van der Waals surface area contributed by atoms with Gasteiger partial charge in [0.05, 0.1) is 24.6 Å². The van der Waals surface area contributed by atoms with Crippen molar-refractivity contribution in [3.05, 3.63) is 69.7 Å². The molecule has 174 valence electrons. The molecule has 33 heavy (non-hydrogen) atoms. The number of rotatable bonds is 6. The first kappa shape index (κ1) is 22.7. The number of amides is 1. The van der Waals surface area contributed by atoms with Crippen molar-refractivity contribution in [1.29, 1.82) is 0 Å². The van der Waals surface area contributed by atoms with E-state index >= 15 is 0 Å². The second-order valence-corrected chi connectivity index (χ2v) is 10.4. The molecule has 3 aliphatic rings. The van der Waals surface area contributed by atoms with Gasteiger partial charge in [0.1, 0.15) is 0 Å². The molecule has 1 spiro atoms. The van der Waals surface area contributed by atoms with E-state index in [4.69, 9.17) is 27.9 Å². The predicted octanol–water partition coefficient (Wildman–Crippen LogP) is 5.29. The molecule has 5 rings (SSSR count). The molecule has 5 unspecified atom stereocenters. The first-order valence-electron chi connectivity index (χ1n) is 11.6. The van der Waals surface area contributed by atoms with Crippen LogP contribution in [0, 0.1) is 5.92 Å². The Morgan fingerprint density at radius 2 is 1.79 bits per heavy atom. The Morgan fingerprint density at radius 3 is 2.36 bits per heavy atom. The molecule has 0 bridgehead atoms. The highest BCUT2D eigenvalue weighted by Crippen LogP contribution is 2.53. The minimum Gasteiger partial charge on any atom is -0.448 e. The molecule has 2 aliphatic heterocycles. The van der Waals surface area contributed by atoms with Crippen molar-refractivity contribution in [2.45, 2.75) is 68.7 Å². The minimum atomic E-state index is -1.19. The van der Waals surface area contributed by atoms with Crippen molar-refractivity contribution in [1.82, 2.24) is 4.90 Å². The van der Waals surface area contributed by atoms with Crippen LogP contribution >= 0.6 is 23.2 Å². The molecule has 5 atom stereocenters. The van der Waals surface area contributed by atoms with Crippen molar-refractivity contribution in [2.75, 3.05) is 0 Å². The Morgan fingerprint density at radius 1 is 1.09 bits per heavy atom. The number of benzene rings is 2. The first-order chi connectivity index (χ1) is 15.8. The fourth-order valence-corrected chi connectivity index (χ4v) is 5.91. The Balaban J connectivity index is 1.66. The molecule has 0 radical (unpaired) electrons. The maximum atomic E-state index is 14.0. The molecule has 1 amide bonds. The molecule has 1 saturated carbocycles. The minimum absolute atomic E-state index is 0.0582. The lowest BCUT2D eigenvalue weighted by Crippen LogP contribution is -2.67. The average molecular weight is 488 g/mol. The van der Waals surface area contributed by atoms with Gasteiger partial charge in [0.2, 0.25) is 5.60 Å². The molecule has 2 aromatic rings. The SMILES string of the molecule is CCC(C(O)C1CC1)N1C(=O)C2(CC(=O)O2)CC(c2cccc(Cl)c2)C1c1ccc(Cl)cc1. The number of nitrogens with zero attached hydrogens (tertiary/aromatic N) is 1. The number of likely N-dealkylation sites (tertiary alicyclic amines) is 1. The quantitative estimate of drug-likeness (QED) is 0.562. The number of carbonyl (C=O) groups excluding carboxylic acids is 2. The zero-order valence-electron chi connectivity index (χ0n) is 18.4. The van der Waals surface area contributed by atoms with E-state index in [0.29, 0.717) is 22.9 Å². The lowest BCUT2D eigenvalue weighted by Gasteiger charge is -2.55. The molecule has 5 nitrogen and oxygen atoms in total. The van der Waals surface area contributed by atoms with E-state index in [2.05, 4.69) is 0 Å². The molecule has 2 aromatic carbocycles. The fraction of sp³-hybridized carbons (Fsp3) is 0.462. The number of hydrogen-bond donors (Lipinski definition) is 1. The number of ether oxygens (including phenoxy) is 1. The number of esters is 1. The van der Waals surface area contributed by atoms with Crippen LogP contribution in [0.3, 0.4) is 0 Å². The zero-order chi connectivity index (χ0) is 23.3. The Bertz CT molecular complexity index is 1060. The van der Waals surface area contributed by atoms with Crippen LogP contribution in [-0.4, -0.2) is 39.6 Å². The second-order valence-electron chi connectivity index (χ2n) is 9.52. The van der Waals surface area contributed by atoms with Crippen molar-refractivity contribution in [2.24, 2.45) is 5.92 Å². The number of halogens is 2. The van der Waals surface area contributed by atoms with Gasteiger partial charge in [0, 0.05) is 22.4 Å². The summed E-state index contributed by atoms with van der Waals surface area (Å²) >= 11 is 12.5. The smallest absolute Gasteiger partial charge is 0.311 e. The number of carbonyl (C=O) groups is 2. The normalized spacial score (nSPS) is 28.9. The predicted molar refractivity (Wildman–Crippen MR) is 126 cm³/mol. The molecular weight excluding hydrogens is 461 g/mol. The van der Waals surface area contributed by atoms with Crippen molar-refractivity contribution in [3.63, 3.8) is 0 Å². The van der Waals surface area contributed by atoms with Gasteiger partial charge in [-0.1, -0.05) is 54.4 Å². The maximum absolute atomic E-state index is 14.0. The molecule has 1 aliphatic carbocycles. The van der Waals surface area contributed by atoms with Gasteiger partial charge in [0.25, 0.3) is 5.91 Å². The van der Waals surface area contributed by atoms with Crippen LogP contribution in [0.15, 0.2) is 48.5 Å². The van der Waals surface area contributed by atoms with Crippen molar-refractivity contribution < 1.29 is 19.4 Å². The van der Waals surface area contributed by atoms with Crippen LogP contribution in [0.25, 0.3) is 0 Å². The molecule has 7 heteroatoms. The summed E-state index contributed by atoms with van der Waals surface area (Å²) in [5, 5.41) is 12.4. The van der Waals surface area contributed by atoms with E-state index in [1.165, 1.54) is 0 Å². The van der Waals surface area contributed by atoms with Crippen LogP contribution in [0.1, 0.15) is 62.1 Å². The number of piperidine rings is 1.